The van der Waals surface area contributed by atoms with Crippen molar-refractivity contribution in [2.45, 2.75) is 30.4 Å². The number of phenols is 1. The van der Waals surface area contributed by atoms with Crippen LogP contribution in [0, 0.1) is 6.92 Å². The zero-order valence-corrected chi connectivity index (χ0v) is 19.6. The highest BCUT2D eigenvalue weighted by molar-refractivity contribution is 7.92. The summed E-state index contributed by atoms with van der Waals surface area (Å²) in [6.07, 6.45) is 0.0390. The molecule has 7 nitrogen and oxygen atoms in total. The fourth-order valence-corrected chi connectivity index (χ4v) is 5.05. The minimum atomic E-state index is -3.93. The molecule has 1 atom stereocenters. The van der Waals surface area contributed by atoms with Gasteiger partial charge in [-0.1, -0.05) is 54.4 Å². The lowest BCUT2D eigenvalue weighted by atomic mass is 10.1. The van der Waals surface area contributed by atoms with Gasteiger partial charge in [-0.3, -0.25) is 9.59 Å². The van der Waals surface area contributed by atoms with Crippen LogP contribution in [-0.4, -0.2) is 30.6 Å². The van der Waals surface area contributed by atoms with E-state index < -0.39 is 26.9 Å². The van der Waals surface area contributed by atoms with E-state index >= 15 is 0 Å². The number of benzene rings is 3. The van der Waals surface area contributed by atoms with Crippen LogP contribution >= 0.6 is 11.6 Å². The Kier molecular flexibility index (Phi) is 7.40. The third kappa shape index (κ3) is 5.53. The van der Waals surface area contributed by atoms with E-state index in [1.54, 1.807) is 49.4 Å². The van der Waals surface area contributed by atoms with Gasteiger partial charge in [-0.25, -0.2) is 8.42 Å². The van der Waals surface area contributed by atoms with E-state index in [9.17, 15) is 23.1 Å². The second kappa shape index (κ2) is 10.1. The van der Waals surface area contributed by atoms with E-state index in [4.69, 9.17) is 11.6 Å². The normalized spacial score (nSPS) is 12.1. The Labute approximate surface area is 197 Å². The first kappa shape index (κ1) is 24.3. The number of carbonyl (C=O) groups is 2. The summed E-state index contributed by atoms with van der Waals surface area (Å²) in [7, 11) is -3.93. The van der Waals surface area contributed by atoms with Crippen LogP contribution in [0.4, 0.5) is 11.4 Å². The molecular formula is C24H23ClN2O5S. The molecule has 0 aliphatic rings. The molecule has 9 heteroatoms. The van der Waals surface area contributed by atoms with E-state index in [1.807, 2.05) is 6.92 Å². The average Bonchev–Trinajstić information content (AvgIpc) is 2.78. The highest BCUT2D eigenvalue weighted by Crippen LogP contribution is 2.34. The highest BCUT2D eigenvalue weighted by Gasteiger charge is 2.33. The monoisotopic (exact) mass is 486 g/mol. The molecule has 3 aromatic rings. The smallest absolute Gasteiger partial charge is 0.255 e. The summed E-state index contributed by atoms with van der Waals surface area (Å²) in [5, 5.41) is 14.1. The molecule has 0 aliphatic carbocycles. The maximum Gasteiger partial charge on any atom is 0.255 e. The van der Waals surface area contributed by atoms with Crippen LogP contribution < -0.4 is 10.6 Å². The SMILES string of the molecule is CCC(C(=O)Nc1cc(O)c(NC(=O)c2ccc(C)cc2)cc1Cl)S(=O)(=O)c1ccccc1. The molecule has 1 unspecified atom stereocenters. The molecule has 0 aromatic heterocycles. The van der Waals surface area contributed by atoms with E-state index in [0.29, 0.717) is 5.56 Å². The standard InChI is InChI=1S/C24H23ClN2O5S/c1-3-22(33(31,32)17-7-5-4-6-8-17)24(30)26-19-14-21(28)20(13-18(19)25)27-23(29)16-11-9-15(2)10-12-16/h4-14,22,28H,3H2,1-2H3,(H,26,30)(H,27,29). The minimum absolute atomic E-state index is 0.0207. The van der Waals surface area contributed by atoms with Crippen LogP contribution in [0.15, 0.2) is 71.6 Å². The van der Waals surface area contributed by atoms with Gasteiger partial charge < -0.3 is 15.7 Å². The van der Waals surface area contributed by atoms with Crippen molar-refractivity contribution in [3.63, 3.8) is 0 Å². The largest absolute Gasteiger partial charge is 0.506 e. The third-order valence-corrected chi connectivity index (χ3v) is 7.55. The third-order valence-electron chi connectivity index (χ3n) is 5.01. The van der Waals surface area contributed by atoms with E-state index in [2.05, 4.69) is 10.6 Å². The number of sulfone groups is 1. The van der Waals surface area contributed by atoms with Gasteiger partial charge in [0.05, 0.1) is 21.3 Å². The Morgan fingerprint density at radius 3 is 2.21 bits per heavy atom. The van der Waals surface area contributed by atoms with Gasteiger partial charge in [0.1, 0.15) is 11.0 Å². The van der Waals surface area contributed by atoms with Gasteiger partial charge in [-0.2, -0.15) is 0 Å². The molecule has 0 saturated carbocycles. The number of aryl methyl sites for hydroxylation is 1. The summed E-state index contributed by atoms with van der Waals surface area (Å²) in [5.41, 5.74) is 1.46. The second-order valence-corrected chi connectivity index (χ2v) is 9.95. The van der Waals surface area contributed by atoms with Gasteiger partial charge in [0, 0.05) is 11.6 Å². The summed E-state index contributed by atoms with van der Waals surface area (Å²) in [6.45, 7) is 3.49. The number of aromatic hydroxyl groups is 1. The number of phenolic OH excluding ortho intramolecular Hbond substituents is 1. The number of amides is 2. The Bertz CT molecular complexity index is 1280. The molecule has 0 spiro atoms. The van der Waals surface area contributed by atoms with Crippen molar-refractivity contribution in [3.05, 3.63) is 82.9 Å². The molecule has 33 heavy (non-hydrogen) atoms. The molecular weight excluding hydrogens is 464 g/mol. The van der Waals surface area contributed by atoms with Crippen LogP contribution in [0.2, 0.25) is 5.02 Å². The molecule has 3 N–H and O–H groups in total. The van der Waals surface area contributed by atoms with Crippen molar-refractivity contribution < 1.29 is 23.1 Å². The first-order chi connectivity index (χ1) is 15.6. The van der Waals surface area contributed by atoms with E-state index in [0.717, 1.165) is 11.6 Å². The van der Waals surface area contributed by atoms with Gasteiger partial charge in [0.25, 0.3) is 5.91 Å². The van der Waals surface area contributed by atoms with Crippen LogP contribution in [0.3, 0.4) is 0 Å². The quantitative estimate of drug-likeness (QED) is 0.415. The number of anilines is 2. The first-order valence-electron chi connectivity index (χ1n) is 10.1. The van der Waals surface area contributed by atoms with Gasteiger partial charge in [0.15, 0.2) is 9.84 Å². The van der Waals surface area contributed by atoms with Gasteiger partial charge >= 0.3 is 0 Å². The van der Waals surface area contributed by atoms with Crippen molar-refractivity contribution >= 4 is 44.6 Å². The zero-order valence-electron chi connectivity index (χ0n) is 18.0. The zero-order chi connectivity index (χ0) is 24.2. The first-order valence-corrected chi connectivity index (χ1v) is 12.1. The summed E-state index contributed by atoms with van der Waals surface area (Å²) in [5.74, 6) is -1.56. The Morgan fingerprint density at radius 2 is 1.61 bits per heavy atom. The Morgan fingerprint density at radius 1 is 0.970 bits per heavy atom. The molecule has 2 amide bonds. The molecule has 3 rings (SSSR count). The van der Waals surface area contributed by atoms with Gasteiger partial charge in [-0.05, 0) is 43.7 Å². The number of carbonyl (C=O) groups excluding carboxylic acids is 2. The molecule has 0 aliphatic heterocycles. The highest BCUT2D eigenvalue weighted by atomic mass is 35.5. The number of hydrogen-bond acceptors (Lipinski definition) is 5. The Balaban J connectivity index is 1.80. The van der Waals surface area contributed by atoms with Gasteiger partial charge in [-0.15, -0.1) is 0 Å². The molecule has 0 heterocycles. The lowest BCUT2D eigenvalue weighted by molar-refractivity contribution is -0.115. The number of halogens is 1. The van der Waals surface area contributed by atoms with Crippen LogP contribution in [-0.2, 0) is 14.6 Å². The van der Waals surface area contributed by atoms with Gasteiger partial charge in [0.2, 0.25) is 5.91 Å². The maximum atomic E-state index is 12.9. The molecule has 0 radical (unpaired) electrons. The molecule has 0 fully saturated rings. The minimum Gasteiger partial charge on any atom is -0.506 e. The van der Waals surface area contributed by atoms with Crippen molar-refractivity contribution in [1.29, 1.82) is 0 Å². The topological polar surface area (TPSA) is 113 Å². The molecule has 3 aromatic carbocycles. The lowest BCUT2D eigenvalue weighted by Crippen LogP contribution is -2.34. The van der Waals surface area contributed by atoms with Crippen molar-refractivity contribution in [2.24, 2.45) is 0 Å². The summed E-state index contributed by atoms with van der Waals surface area (Å²) in [4.78, 5) is 25.3. The predicted molar refractivity (Wildman–Crippen MR) is 129 cm³/mol. The molecule has 0 saturated heterocycles. The fraction of sp³-hybridized carbons (Fsp3) is 0.167. The molecule has 0 bridgehead atoms. The number of rotatable bonds is 7. The maximum absolute atomic E-state index is 12.9. The second-order valence-electron chi connectivity index (χ2n) is 7.41. The summed E-state index contributed by atoms with van der Waals surface area (Å²) >= 11 is 6.25. The summed E-state index contributed by atoms with van der Waals surface area (Å²) < 4.78 is 25.8. The van der Waals surface area contributed by atoms with Crippen molar-refractivity contribution in [1.82, 2.24) is 0 Å². The average molecular weight is 487 g/mol. The van der Waals surface area contributed by atoms with E-state index in [1.165, 1.54) is 18.2 Å². The molecule has 172 valence electrons. The number of nitrogens with one attached hydrogen (secondary N) is 2. The predicted octanol–water partition coefficient (Wildman–Crippen LogP) is 4.80. The van der Waals surface area contributed by atoms with Crippen molar-refractivity contribution in [2.75, 3.05) is 10.6 Å². The van der Waals surface area contributed by atoms with Crippen molar-refractivity contribution in [3.8, 4) is 5.75 Å². The van der Waals surface area contributed by atoms with Crippen LogP contribution in [0.1, 0.15) is 29.3 Å². The van der Waals surface area contributed by atoms with Crippen LogP contribution in [0.25, 0.3) is 0 Å². The number of hydrogen-bond donors (Lipinski definition) is 3. The lowest BCUT2D eigenvalue weighted by Gasteiger charge is -2.17. The van der Waals surface area contributed by atoms with E-state index in [-0.39, 0.29) is 33.5 Å². The van der Waals surface area contributed by atoms with Crippen LogP contribution in [0.5, 0.6) is 5.75 Å². The summed E-state index contributed by atoms with van der Waals surface area (Å²) in [6, 6.07) is 17.0. The fourth-order valence-electron chi connectivity index (χ4n) is 3.19. The Hall–Kier alpha value is -3.36.